The van der Waals surface area contributed by atoms with Crippen molar-refractivity contribution in [2.45, 2.75) is 6.92 Å². The monoisotopic (exact) mass is 460 g/mol. The minimum Gasteiger partial charge on any atom is -0.462 e. The van der Waals surface area contributed by atoms with Gasteiger partial charge in [0, 0.05) is 15.6 Å². The molecule has 0 atom stereocenters. The van der Waals surface area contributed by atoms with Gasteiger partial charge in [-0.25, -0.2) is 9.78 Å². The first kappa shape index (κ1) is 20.4. The van der Waals surface area contributed by atoms with Gasteiger partial charge >= 0.3 is 5.97 Å². The van der Waals surface area contributed by atoms with Crippen molar-refractivity contribution in [3.05, 3.63) is 69.9 Å². The number of nitrogens with zero attached hydrogens (tertiary/aromatic N) is 1. The third kappa shape index (κ3) is 4.33. The lowest BCUT2D eigenvalue weighted by Crippen LogP contribution is -2.10. The quantitative estimate of drug-likeness (QED) is 0.353. The normalized spacial score (nSPS) is 10.9. The largest absolute Gasteiger partial charge is 0.462 e. The van der Waals surface area contributed by atoms with Gasteiger partial charge in [0.25, 0.3) is 5.91 Å². The predicted molar refractivity (Wildman–Crippen MR) is 118 cm³/mol. The van der Waals surface area contributed by atoms with Gasteiger partial charge in [0.05, 0.1) is 22.4 Å². The van der Waals surface area contributed by atoms with Crippen LogP contribution in [0, 0.1) is 0 Å². The molecule has 0 unspecified atom stereocenters. The summed E-state index contributed by atoms with van der Waals surface area (Å²) < 4.78 is 11.4. The zero-order chi connectivity index (χ0) is 21.3. The molecule has 0 aliphatic rings. The molecular weight excluding hydrogens is 447 g/mol. The van der Waals surface area contributed by atoms with Crippen LogP contribution in [0.1, 0.15) is 27.8 Å². The number of hydrogen-bond acceptors (Lipinski definition) is 6. The molecule has 2 aromatic heterocycles. The first-order valence-electron chi connectivity index (χ1n) is 8.88. The summed E-state index contributed by atoms with van der Waals surface area (Å²) in [4.78, 5) is 28.8. The van der Waals surface area contributed by atoms with E-state index in [1.54, 1.807) is 55.5 Å². The Labute approximate surface area is 185 Å². The molecule has 0 saturated carbocycles. The average molecular weight is 461 g/mol. The molecule has 4 aromatic rings. The number of furan rings is 1. The van der Waals surface area contributed by atoms with Crippen molar-refractivity contribution in [3.63, 3.8) is 0 Å². The van der Waals surface area contributed by atoms with E-state index in [-0.39, 0.29) is 5.76 Å². The highest BCUT2D eigenvalue weighted by atomic mass is 35.5. The molecule has 1 amide bonds. The second-order valence-corrected chi connectivity index (χ2v) is 8.10. The predicted octanol–water partition coefficient (Wildman–Crippen LogP) is 6.29. The molecule has 0 spiro atoms. The number of carbonyl (C=O) groups excluding carboxylic acids is 2. The molecule has 6 nitrogen and oxygen atoms in total. The van der Waals surface area contributed by atoms with Crippen LogP contribution in [0.5, 0.6) is 0 Å². The number of carbonyl (C=O) groups is 2. The second kappa shape index (κ2) is 8.47. The number of amides is 1. The number of thiazole rings is 1. The number of aromatic nitrogens is 1. The lowest BCUT2D eigenvalue weighted by molar-refractivity contribution is 0.0526. The number of anilines is 1. The molecule has 9 heteroatoms. The van der Waals surface area contributed by atoms with Crippen LogP contribution in [-0.4, -0.2) is 23.5 Å². The first-order chi connectivity index (χ1) is 14.4. The van der Waals surface area contributed by atoms with Crippen LogP contribution in [0.15, 0.2) is 52.9 Å². The molecular formula is C21H14Cl2N2O4S. The van der Waals surface area contributed by atoms with Crippen LogP contribution in [0.2, 0.25) is 10.0 Å². The molecule has 0 fully saturated rings. The SMILES string of the molecule is CCOC(=O)c1ccc2nc(NC(=O)c3ccc(-c4cc(Cl)cc(Cl)c4)o3)sc2c1. The number of benzene rings is 2. The lowest BCUT2D eigenvalue weighted by Gasteiger charge is -2.00. The Bertz CT molecular complexity index is 1240. The lowest BCUT2D eigenvalue weighted by atomic mass is 10.2. The van der Waals surface area contributed by atoms with E-state index in [1.807, 2.05) is 0 Å². The average Bonchev–Trinajstić information content (AvgIpc) is 3.33. The number of esters is 1. The van der Waals surface area contributed by atoms with E-state index in [9.17, 15) is 9.59 Å². The first-order valence-corrected chi connectivity index (χ1v) is 10.5. The fourth-order valence-electron chi connectivity index (χ4n) is 2.79. The van der Waals surface area contributed by atoms with Crippen LogP contribution >= 0.6 is 34.5 Å². The minimum atomic E-state index is -0.445. The molecule has 1 N–H and O–H groups in total. The van der Waals surface area contributed by atoms with Gasteiger partial charge in [-0.3, -0.25) is 10.1 Å². The van der Waals surface area contributed by atoms with Crippen molar-refractivity contribution >= 4 is 61.8 Å². The van der Waals surface area contributed by atoms with Crippen molar-refractivity contribution in [1.29, 1.82) is 0 Å². The van der Waals surface area contributed by atoms with Gasteiger partial charge in [-0.1, -0.05) is 34.5 Å². The van der Waals surface area contributed by atoms with Gasteiger partial charge in [-0.05, 0) is 55.5 Å². The Morgan fingerprint density at radius 1 is 1.10 bits per heavy atom. The maximum atomic E-state index is 12.6. The van der Waals surface area contributed by atoms with E-state index in [0.717, 1.165) is 4.70 Å². The van der Waals surface area contributed by atoms with E-state index in [4.69, 9.17) is 32.4 Å². The highest BCUT2D eigenvalue weighted by molar-refractivity contribution is 7.22. The summed E-state index contributed by atoms with van der Waals surface area (Å²) in [6.07, 6.45) is 0. The van der Waals surface area contributed by atoms with Gasteiger partial charge in [0.15, 0.2) is 10.9 Å². The molecule has 0 aliphatic carbocycles. The molecule has 4 rings (SSSR count). The molecule has 0 aliphatic heterocycles. The maximum Gasteiger partial charge on any atom is 0.338 e. The summed E-state index contributed by atoms with van der Waals surface area (Å²) in [6.45, 7) is 2.05. The zero-order valence-corrected chi connectivity index (χ0v) is 17.9. The number of fused-ring (bicyclic) bond motifs is 1. The van der Waals surface area contributed by atoms with Gasteiger partial charge in [-0.2, -0.15) is 0 Å². The molecule has 0 saturated heterocycles. The van der Waals surface area contributed by atoms with Crippen LogP contribution < -0.4 is 5.32 Å². The number of rotatable bonds is 5. The van der Waals surface area contributed by atoms with E-state index in [2.05, 4.69) is 10.3 Å². The number of nitrogens with one attached hydrogen (secondary N) is 1. The van der Waals surface area contributed by atoms with Crippen molar-refractivity contribution in [3.8, 4) is 11.3 Å². The van der Waals surface area contributed by atoms with Gasteiger partial charge in [-0.15, -0.1) is 0 Å². The fourth-order valence-corrected chi connectivity index (χ4v) is 4.22. The Hall–Kier alpha value is -2.87. The van der Waals surface area contributed by atoms with Crippen LogP contribution in [0.25, 0.3) is 21.5 Å². The van der Waals surface area contributed by atoms with E-state index in [0.29, 0.717) is 44.2 Å². The number of hydrogen-bond donors (Lipinski definition) is 1. The Morgan fingerprint density at radius 2 is 1.87 bits per heavy atom. The molecule has 2 heterocycles. The van der Waals surface area contributed by atoms with E-state index >= 15 is 0 Å². The van der Waals surface area contributed by atoms with Gasteiger partial charge in [0.1, 0.15) is 5.76 Å². The van der Waals surface area contributed by atoms with Crippen LogP contribution in [0.4, 0.5) is 5.13 Å². The third-order valence-corrected chi connectivity index (χ3v) is 5.47. The van der Waals surface area contributed by atoms with Crippen molar-refractivity contribution < 1.29 is 18.7 Å². The number of halogens is 2. The summed E-state index contributed by atoms with van der Waals surface area (Å²) in [5.41, 5.74) is 1.76. The summed E-state index contributed by atoms with van der Waals surface area (Å²) in [5, 5.41) is 4.04. The third-order valence-electron chi connectivity index (χ3n) is 4.10. The second-order valence-electron chi connectivity index (χ2n) is 6.20. The molecule has 2 aromatic carbocycles. The fraction of sp³-hybridized carbons (Fsp3) is 0.0952. The highest BCUT2D eigenvalue weighted by Gasteiger charge is 2.16. The summed E-state index contributed by atoms with van der Waals surface area (Å²) in [5.74, 6) is -0.262. The Balaban J connectivity index is 1.53. The van der Waals surface area contributed by atoms with Crippen LogP contribution in [0.3, 0.4) is 0 Å². The highest BCUT2D eigenvalue weighted by Crippen LogP contribution is 2.30. The topological polar surface area (TPSA) is 81.4 Å². The summed E-state index contributed by atoms with van der Waals surface area (Å²) in [7, 11) is 0. The molecule has 152 valence electrons. The Morgan fingerprint density at radius 3 is 2.60 bits per heavy atom. The smallest absolute Gasteiger partial charge is 0.338 e. The Kier molecular flexibility index (Phi) is 5.76. The molecule has 30 heavy (non-hydrogen) atoms. The zero-order valence-electron chi connectivity index (χ0n) is 15.6. The molecule has 0 bridgehead atoms. The summed E-state index contributed by atoms with van der Waals surface area (Å²) >= 11 is 13.3. The van der Waals surface area contributed by atoms with Crippen molar-refractivity contribution in [2.75, 3.05) is 11.9 Å². The van der Waals surface area contributed by atoms with Crippen molar-refractivity contribution in [2.24, 2.45) is 0 Å². The van der Waals surface area contributed by atoms with Crippen molar-refractivity contribution in [1.82, 2.24) is 4.98 Å². The van der Waals surface area contributed by atoms with Gasteiger partial charge in [0.2, 0.25) is 0 Å². The van der Waals surface area contributed by atoms with E-state index < -0.39 is 11.9 Å². The van der Waals surface area contributed by atoms with E-state index in [1.165, 1.54) is 11.3 Å². The van der Waals surface area contributed by atoms with Crippen LogP contribution in [-0.2, 0) is 4.74 Å². The maximum absolute atomic E-state index is 12.6. The summed E-state index contributed by atoms with van der Waals surface area (Å²) in [6, 6.07) is 13.3. The van der Waals surface area contributed by atoms with Gasteiger partial charge < -0.3 is 9.15 Å². The standard InChI is InChI=1S/C21H14Cl2N2O4S/c1-2-28-20(27)11-3-4-15-18(9-11)30-21(24-15)25-19(26)17-6-5-16(29-17)12-7-13(22)10-14(23)8-12/h3-10H,2H2,1H3,(H,24,25,26). The minimum absolute atomic E-state index is 0.118. The molecule has 0 radical (unpaired) electrons. The number of ether oxygens (including phenoxy) is 1.